The highest BCUT2D eigenvalue weighted by Crippen LogP contribution is 2.40. The van der Waals surface area contributed by atoms with E-state index in [9.17, 15) is 9.59 Å². The molecule has 94 valence electrons. The number of likely N-dealkylation sites (N-methyl/N-ethyl adjacent to an activating group) is 1. The molecule has 0 saturated carbocycles. The van der Waals surface area contributed by atoms with Crippen LogP contribution < -0.4 is 5.32 Å². The van der Waals surface area contributed by atoms with Gasteiger partial charge in [-0.05, 0) is 42.5 Å². The van der Waals surface area contributed by atoms with Crippen LogP contribution in [0.3, 0.4) is 0 Å². The molecule has 1 saturated heterocycles. The Balaban J connectivity index is 2.19. The molecule has 0 radical (unpaired) electrons. The normalized spacial score (nSPS) is 26.4. The third-order valence-electron chi connectivity index (χ3n) is 3.82. The van der Waals surface area contributed by atoms with E-state index in [4.69, 9.17) is 0 Å². The Bertz CT molecular complexity index is 558. The van der Waals surface area contributed by atoms with Gasteiger partial charge >= 0.3 is 6.03 Å². The summed E-state index contributed by atoms with van der Waals surface area (Å²) in [4.78, 5) is 25.3. The predicted octanol–water partition coefficient (Wildman–Crippen LogP) is 2.16. The number of hydrogen-bond donors (Lipinski definition) is 1. The van der Waals surface area contributed by atoms with Crippen molar-refractivity contribution in [2.45, 2.75) is 24.8 Å². The van der Waals surface area contributed by atoms with Crippen molar-refractivity contribution in [3.8, 4) is 0 Å². The number of imide groups is 1. The van der Waals surface area contributed by atoms with Crippen molar-refractivity contribution in [2.24, 2.45) is 0 Å². The van der Waals surface area contributed by atoms with E-state index < -0.39 is 5.54 Å². The van der Waals surface area contributed by atoms with Gasteiger partial charge < -0.3 is 5.32 Å². The van der Waals surface area contributed by atoms with Crippen LogP contribution in [0.5, 0.6) is 0 Å². The van der Waals surface area contributed by atoms with Crippen LogP contribution >= 0.6 is 15.9 Å². The number of carbonyl (C=O) groups is 2. The van der Waals surface area contributed by atoms with Gasteiger partial charge in [-0.2, -0.15) is 0 Å². The van der Waals surface area contributed by atoms with Crippen LogP contribution in [0.2, 0.25) is 0 Å². The molecule has 1 heterocycles. The molecule has 1 N–H and O–H groups in total. The van der Waals surface area contributed by atoms with Crippen LogP contribution in [-0.2, 0) is 16.8 Å². The molecule has 2 aliphatic rings. The van der Waals surface area contributed by atoms with Crippen molar-refractivity contribution < 1.29 is 9.59 Å². The number of amides is 3. The van der Waals surface area contributed by atoms with Crippen molar-refractivity contribution >= 4 is 27.9 Å². The fourth-order valence-electron chi connectivity index (χ4n) is 2.89. The minimum Gasteiger partial charge on any atom is -0.319 e. The summed E-state index contributed by atoms with van der Waals surface area (Å²) >= 11 is 3.43. The molecule has 0 bridgehead atoms. The molecule has 1 atom stereocenters. The smallest absolute Gasteiger partial charge is 0.319 e. The van der Waals surface area contributed by atoms with Gasteiger partial charge in [0.2, 0.25) is 0 Å². The monoisotopic (exact) mass is 308 g/mol. The fraction of sp³-hybridized carbons (Fsp3) is 0.385. The maximum atomic E-state index is 12.4. The minimum atomic E-state index is -0.844. The maximum absolute atomic E-state index is 12.4. The van der Waals surface area contributed by atoms with E-state index in [0.29, 0.717) is 6.42 Å². The lowest BCUT2D eigenvalue weighted by Gasteiger charge is -2.33. The number of halogens is 1. The minimum absolute atomic E-state index is 0.147. The van der Waals surface area contributed by atoms with Gasteiger partial charge in [0.05, 0.1) is 0 Å². The quantitative estimate of drug-likeness (QED) is 0.747. The SMILES string of the molecule is CN1C(=O)NC2(CCCc3ccc(Br)cc32)C1=O. The number of aryl methyl sites for hydroxylation is 1. The number of benzene rings is 1. The molecule has 1 fully saturated rings. The first-order valence-electron chi connectivity index (χ1n) is 5.94. The first kappa shape index (κ1) is 11.7. The van der Waals surface area contributed by atoms with E-state index in [2.05, 4.69) is 21.2 Å². The topological polar surface area (TPSA) is 49.4 Å². The summed E-state index contributed by atoms with van der Waals surface area (Å²) in [5, 5.41) is 2.87. The molecule has 3 amide bonds. The molecule has 3 rings (SSSR count). The van der Waals surface area contributed by atoms with Gasteiger partial charge in [-0.25, -0.2) is 4.79 Å². The number of fused-ring (bicyclic) bond motifs is 2. The standard InChI is InChI=1S/C13H13BrN2O2/c1-16-11(17)13(15-12(16)18)6-2-3-8-4-5-9(14)7-10(8)13/h4-5,7H,2-3,6H2,1H3,(H,15,18). The first-order valence-corrected chi connectivity index (χ1v) is 6.73. The van der Waals surface area contributed by atoms with Gasteiger partial charge in [0.25, 0.3) is 5.91 Å². The van der Waals surface area contributed by atoms with Gasteiger partial charge in [0.15, 0.2) is 0 Å². The lowest BCUT2D eigenvalue weighted by Crippen LogP contribution is -2.46. The van der Waals surface area contributed by atoms with Crippen molar-refractivity contribution in [3.63, 3.8) is 0 Å². The summed E-state index contributed by atoms with van der Waals surface area (Å²) in [7, 11) is 1.53. The summed E-state index contributed by atoms with van der Waals surface area (Å²) < 4.78 is 0.930. The second kappa shape index (κ2) is 3.82. The summed E-state index contributed by atoms with van der Waals surface area (Å²) in [5.74, 6) is -0.147. The van der Waals surface area contributed by atoms with E-state index in [1.165, 1.54) is 11.9 Å². The fourth-order valence-corrected chi connectivity index (χ4v) is 3.25. The number of urea groups is 1. The van der Waals surface area contributed by atoms with Crippen LogP contribution in [-0.4, -0.2) is 23.9 Å². The van der Waals surface area contributed by atoms with Gasteiger partial charge in [0, 0.05) is 11.5 Å². The first-order chi connectivity index (χ1) is 8.54. The average molecular weight is 309 g/mol. The van der Waals surface area contributed by atoms with Gasteiger partial charge in [-0.1, -0.05) is 22.0 Å². The van der Waals surface area contributed by atoms with Gasteiger partial charge in [-0.3, -0.25) is 9.69 Å². The second-order valence-corrected chi connectivity index (χ2v) is 5.77. The van der Waals surface area contributed by atoms with Crippen LogP contribution in [0, 0.1) is 0 Å². The lowest BCUT2D eigenvalue weighted by atomic mass is 9.76. The Labute approximate surface area is 113 Å². The molecule has 1 aliphatic carbocycles. The summed E-state index contributed by atoms with van der Waals surface area (Å²) in [5.41, 5.74) is 1.24. The van der Waals surface area contributed by atoms with Crippen molar-refractivity contribution in [1.82, 2.24) is 10.2 Å². The predicted molar refractivity (Wildman–Crippen MR) is 70.1 cm³/mol. The van der Waals surface area contributed by atoms with E-state index in [1.807, 2.05) is 18.2 Å². The maximum Gasteiger partial charge on any atom is 0.325 e. The molecule has 1 aromatic rings. The summed E-state index contributed by atoms with van der Waals surface area (Å²) in [6, 6.07) is 5.64. The lowest BCUT2D eigenvalue weighted by molar-refractivity contribution is -0.131. The molecule has 1 aliphatic heterocycles. The van der Waals surface area contributed by atoms with Crippen LogP contribution in [0.1, 0.15) is 24.0 Å². The third-order valence-corrected chi connectivity index (χ3v) is 4.32. The molecule has 18 heavy (non-hydrogen) atoms. The van der Waals surface area contributed by atoms with E-state index in [1.54, 1.807) is 0 Å². The molecule has 5 heteroatoms. The van der Waals surface area contributed by atoms with Crippen LogP contribution in [0.4, 0.5) is 4.79 Å². The molecule has 0 aromatic heterocycles. The van der Waals surface area contributed by atoms with Crippen molar-refractivity contribution in [2.75, 3.05) is 7.05 Å². The van der Waals surface area contributed by atoms with Crippen LogP contribution in [0.15, 0.2) is 22.7 Å². The number of rotatable bonds is 0. The molecule has 4 nitrogen and oxygen atoms in total. The summed E-state index contributed by atoms with van der Waals surface area (Å²) in [6.45, 7) is 0. The van der Waals surface area contributed by atoms with Crippen molar-refractivity contribution in [1.29, 1.82) is 0 Å². The number of nitrogens with one attached hydrogen (secondary N) is 1. The molecular formula is C13H13BrN2O2. The molecule has 1 spiro atoms. The van der Waals surface area contributed by atoms with Crippen molar-refractivity contribution in [3.05, 3.63) is 33.8 Å². The number of carbonyl (C=O) groups excluding carboxylic acids is 2. The Morgan fingerprint density at radius 2 is 2.17 bits per heavy atom. The Kier molecular flexibility index (Phi) is 2.48. The summed E-state index contributed by atoms with van der Waals surface area (Å²) in [6.07, 6.45) is 2.54. The Morgan fingerprint density at radius 3 is 2.83 bits per heavy atom. The largest absolute Gasteiger partial charge is 0.325 e. The number of nitrogens with zero attached hydrogens (tertiary/aromatic N) is 1. The zero-order valence-electron chi connectivity index (χ0n) is 10.00. The van der Waals surface area contributed by atoms with E-state index in [0.717, 1.165) is 28.4 Å². The van der Waals surface area contributed by atoms with Gasteiger partial charge in [0.1, 0.15) is 5.54 Å². The highest BCUT2D eigenvalue weighted by molar-refractivity contribution is 9.10. The number of hydrogen-bond acceptors (Lipinski definition) is 2. The molecule has 1 unspecified atom stereocenters. The molecule has 1 aromatic carbocycles. The Morgan fingerprint density at radius 1 is 1.39 bits per heavy atom. The highest BCUT2D eigenvalue weighted by atomic mass is 79.9. The Hall–Kier alpha value is -1.36. The highest BCUT2D eigenvalue weighted by Gasteiger charge is 2.52. The van der Waals surface area contributed by atoms with Gasteiger partial charge in [-0.15, -0.1) is 0 Å². The van der Waals surface area contributed by atoms with E-state index >= 15 is 0 Å². The zero-order valence-corrected chi connectivity index (χ0v) is 11.6. The molecular weight excluding hydrogens is 296 g/mol. The van der Waals surface area contributed by atoms with E-state index in [-0.39, 0.29) is 11.9 Å². The third kappa shape index (κ3) is 1.43. The zero-order chi connectivity index (χ0) is 12.9. The second-order valence-electron chi connectivity index (χ2n) is 4.85. The van der Waals surface area contributed by atoms with Crippen LogP contribution in [0.25, 0.3) is 0 Å². The average Bonchev–Trinajstić information content (AvgIpc) is 2.56.